The molecule has 1 saturated carbocycles. The second kappa shape index (κ2) is 13.3. The summed E-state index contributed by atoms with van der Waals surface area (Å²) in [4.78, 5) is 30.1. The van der Waals surface area contributed by atoms with Crippen molar-refractivity contribution >= 4 is 23.6 Å². The number of ether oxygens (including phenoxy) is 3. The first-order valence-corrected chi connectivity index (χ1v) is 17.0. The molecule has 3 aliphatic rings. The molecule has 47 heavy (non-hydrogen) atoms. The zero-order chi connectivity index (χ0) is 34.2. The van der Waals surface area contributed by atoms with E-state index in [1.807, 2.05) is 45.0 Å². The molecule has 9 nitrogen and oxygen atoms in total. The van der Waals surface area contributed by atoms with Gasteiger partial charge in [-0.15, -0.1) is 0 Å². The van der Waals surface area contributed by atoms with Crippen molar-refractivity contribution in [2.24, 2.45) is 10.8 Å². The van der Waals surface area contributed by atoms with Gasteiger partial charge in [-0.05, 0) is 69.9 Å². The summed E-state index contributed by atoms with van der Waals surface area (Å²) in [5.74, 6) is 0.506. The highest BCUT2D eigenvalue weighted by molar-refractivity contribution is 6.31. The largest absolute Gasteiger partial charge is 0.489 e. The molecule has 0 radical (unpaired) electrons. The fourth-order valence-corrected chi connectivity index (χ4v) is 7.97. The molecule has 2 aliphatic heterocycles. The first-order chi connectivity index (χ1) is 22.0. The van der Waals surface area contributed by atoms with Crippen LogP contribution in [0.25, 0.3) is 0 Å². The summed E-state index contributed by atoms with van der Waals surface area (Å²) in [6.45, 7) is 18.7. The minimum atomic E-state index is -0.499. The van der Waals surface area contributed by atoms with Crippen LogP contribution in [0.15, 0.2) is 42.5 Å². The predicted molar refractivity (Wildman–Crippen MR) is 182 cm³/mol. The van der Waals surface area contributed by atoms with Gasteiger partial charge in [0.1, 0.15) is 23.5 Å². The molecule has 0 atom stereocenters. The topological polar surface area (TPSA) is 104 Å². The zero-order valence-electron chi connectivity index (χ0n) is 28.8. The number of nitrogens with one attached hydrogen (secondary N) is 1. The second-order valence-corrected chi connectivity index (χ2v) is 15.9. The Kier molecular flexibility index (Phi) is 9.90. The van der Waals surface area contributed by atoms with Crippen LogP contribution in [0, 0.1) is 22.2 Å². The smallest absolute Gasteiger partial charge is 0.410 e. The quantitative estimate of drug-likeness (QED) is 0.362. The molecule has 1 aliphatic carbocycles. The zero-order valence-corrected chi connectivity index (χ0v) is 29.6. The molecule has 1 N–H and O–H groups in total. The Bertz CT molecular complexity index is 1490. The highest BCUT2D eigenvalue weighted by Crippen LogP contribution is 2.55. The van der Waals surface area contributed by atoms with Crippen LogP contribution in [0.5, 0.6) is 5.75 Å². The highest BCUT2D eigenvalue weighted by atomic mass is 35.5. The molecule has 5 rings (SSSR count). The molecule has 2 aromatic rings. The van der Waals surface area contributed by atoms with Crippen molar-refractivity contribution in [3.05, 3.63) is 64.2 Å². The van der Waals surface area contributed by atoms with Gasteiger partial charge in [-0.3, -0.25) is 9.69 Å². The monoisotopic (exact) mass is 664 g/mol. The summed E-state index contributed by atoms with van der Waals surface area (Å²) >= 11 is 6.23. The maximum absolute atomic E-state index is 13.4. The van der Waals surface area contributed by atoms with Crippen LogP contribution in [-0.4, -0.2) is 84.5 Å². The molecule has 254 valence electrons. The lowest BCUT2D eigenvalue weighted by molar-refractivity contribution is -0.164. The van der Waals surface area contributed by atoms with Crippen LogP contribution < -0.4 is 10.1 Å². The molecular formula is C37H49ClN4O5. The predicted octanol–water partition coefficient (Wildman–Crippen LogP) is 6.47. The van der Waals surface area contributed by atoms with E-state index < -0.39 is 5.60 Å². The fourth-order valence-electron chi connectivity index (χ4n) is 7.76. The average molecular weight is 665 g/mol. The fraction of sp³-hybridized carbons (Fsp3) is 0.595. The number of piperidine rings is 1. The number of likely N-dealkylation sites (tertiary alicyclic amines) is 1. The van der Waals surface area contributed by atoms with Gasteiger partial charge in [0.15, 0.2) is 0 Å². The highest BCUT2D eigenvalue weighted by Gasteiger charge is 2.64. The van der Waals surface area contributed by atoms with Gasteiger partial charge in [-0.2, -0.15) is 5.26 Å². The number of rotatable bonds is 7. The van der Waals surface area contributed by atoms with Crippen molar-refractivity contribution in [2.45, 2.75) is 91.1 Å². The third-order valence-corrected chi connectivity index (χ3v) is 10.3. The van der Waals surface area contributed by atoms with E-state index in [1.165, 1.54) is 5.56 Å². The van der Waals surface area contributed by atoms with Crippen LogP contribution in [0.2, 0.25) is 5.02 Å². The van der Waals surface area contributed by atoms with Crippen molar-refractivity contribution in [3.63, 3.8) is 0 Å². The Morgan fingerprint density at radius 1 is 1.04 bits per heavy atom. The molecule has 0 unspecified atom stereocenters. The van der Waals surface area contributed by atoms with E-state index >= 15 is 0 Å². The van der Waals surface area contributed by atoms with Gasteiger partial charge in [0.05, 0.1) is 22.8 Å². The van der Waals surface area contributed by atoms with E-state index in [9.17, 15) is 14.9 Å². The number of hydrogen-bond acceptors (Lipinski definition) is 7. The SMILES string of the molecule is CC(C)(C)OC(=O)N1CCC2(CC1)CN(CCc1ccc(C(=O)N[C@H]3C(C)(C)[C@H](Oc4ccc(C#N)c(Cl)c4)C3(C)C)cc1)CCO2. The number of morpholine rings is 1. The molecule has 2 saturated heterocycles. The Hall–Kier alpha value is -3.32. The lowest BCUT2D eigenvalue weighted by atomic mass is 9.49. The lowest BCUT2D eigenvalue weighted by Crippen LogP contribution is -2.74. The summed E-state index contributed by atoms with van der Waals surface area (Å²) in [7, 11) is 0. The van der Waals surface area contributed by atoms with Gasteiger partial charge in [-0.25, -0.2) is 4.79 Å². The summed E-state index contributed by atoms with van der Waals surface area (Å²) in [6.07, 6.45) is 2.07. The van der Waals surface area contributed by atoms with Crippen LogP contribution in [0.4, 0.5) is 4.79 Å². The summed E-state index contributed by atoms with van der Waals surface area (Å²) < 4.78 is 18.2. The molecule has 0 aromatic heterocycles. The molecule has 0 bridgehead atoms. The van der Waals surface area contributed by atoms with Crippen LogP contribution in [0.3, 0.4) is 0 Å². The number of amides is 2. The normalized spacial score (nSPS) is 23.3. The molecule has 3 fully saturated rings. The summed E-state index contributed by atoms with van der Waals surface area (Å²) in [5, 5.41) is 12.8. The first kappa shape index (κ1) is 35.0. The van der Waals surface area contributed by atoms with Gasteiger partial charge in [0.2, 0.25) is 0 Å². The molecule has 2 aromatic carbocycles. The molecule has 2 heterocycles. The van der Waals surface area contributed by atoms with Gasteiger partial charge >= 0.3 is 6.09 Å². The second-order valence-electron chi connectivity index (χ2n) is 15.5. The number of halogens is 1. The number of nitrogens with zero attached hydrogens (tertiary/aromatic N) is 3. The average Bonchev–Trinajstić information content (AvgIpc) is 3.01. The van der Waals surface area contributed by atoms with Gasteiger partial charge in [-0.1, -0.05) is 51.4 Å². The van der Waals surface area contributed by atoms with Gasteiger partial charge < -0.3 is 24.4 Å². The van der Waals surface area contributed by atoms with Gasteiger partial charge in [0, 0.05) is 61.2 Å². The van der Waals surface area contributed by atoms with E-state index in [0.717, 1.165) is 38.9 Å². The number of benzene rings is 2. The standard InChI is InChI=1S/C37H49ClN4O5/c1-34(2,3)47-33(44)42-18-15-37(16-19-42)24-41(20-21-45-37)17-14-25-8-10-26(11-9-25)30(43)40-31-35(4,5)32(36(31,6)7)46-28-13-12-27(23-39)29(38)22-28/h8-13,22,31-32H,14-21,24H2,1-7H3,(H,40,43)/t31-,32-. The first-order valence-electron chi connectivity index (χ1n) is 16.6. The molecule has 10 heteroatoms. The van der Waals surface area contributed by atoms with Crippen molar-refractivity contribution in [3.8, 4) is 11.8 Å². The summed E-state index contributed by atoms with van der Waals surface area (Å²) in [6, 6.07) is 15.0. The van der Waals surface area contributed by atoms with E-state index in [0.29, 0.717) is 41.6 Å². The Balaban J connectivity index is 1.11. The summed E-state index contributed by atoms with van der Waals surface area (Å²) in [5.41, 5.74) is 0.835. The van der Waals surface area contributed by atoms with E-state index in [2.05, 4.69) is 44.0 Å². The third-order valence-electron chi connectivity index (χ3n) is 10.0. The minimum absolute atomic E-state index is 0.101. The third kappa shape index (κ3) is 7.72. The lowest BCUT2D eigenvalue weighted by Gasteiger charge is -2.63. The van der Waals surface area contributed by atoms with Crippen molar-refractivity contribution < 1.29 is 23.8 Å². The van der Waals surface area contributed by atoms with Crippen molar-refractivity contribution in [2.75, 3.05) is 39.3 Å². The minimum Gasteiger partial charge on any atom is -0.489 e. The van der Waals surface area contributed by atoms with Crippen molar-refractivity contribution in [1.82, 2.24) is 15.1 Å². The maximum atomic E-state index is 13.4. The number of nitriles is 1. The molecule has 2 amide bonds. The Morgan fingerprint density at radius 2 is 1.70 bits per heavy atom. The number of hydrogen-bond donors (Lipinski definition) is 1. The Labute approximate surface area is 284 Å². The van der Waals surface area contributed by atoms with Crippen LogP contribution >= 0.6 is 11.6 Å². The van der Waals surface area contributed by atoms with E-state index in [4.69, 9.17) is 25.8 Å². The van der Waals surface area contributed by atoms with Crippen molar-refractivity contribution in [1.29, 1.82) is 5.26 Å². The number of carbonyl (C=O) groups excluding carboxylic acids is 2. The number of carbonyl (C=O) groups is 2. The molecular weight excluding hydrogens is 616 g/mol. The van der Waals surface area contributed by atoms with Crippen LogP contribution in [-0.2, 0) is 15.9 Å². The Morgan fingerprint density at radius 3 is 2.30 bits per heavy atom. The maximum Gasteiger partial charge on any atom is 0.410 e. The van der Waals surface area contributed by atoms with E-state index in [1.54, 1.807) is 23.1 Å². The van der Waals surface area contributed by atoms with Crippen LogP contribution in [0.1, 0.15) is 82.8 Å². The van der Waals surface area contributed by atoms with E-state index in [-0.39, 0.29) is 40.6 Å². The molecule has 1 spiro atoms. The van der Waals surface area contributed by atoms with Gasteiger partial charge in [0.25, 0.3) is 5.91 Å².